The fourth-order valence-electron chi connectivity index (χ4n) is 1.32. The molecule has 0 atom stereocenters. The Labute approximate surface area is 98.1 Å². The summed E-state index contributed by atoms with van der Waals surface area (Å²) in [5.41, 5.74) is 5.32. The Kier molecular flexibility index (Phi) is 6.00. The van der Waals surface area contributed by atoms with E-state index in [4.69, 9.17) is 0 Å². The highest BCUT2D eigenvalue weighted by Gasteiger charge is 1.89. The van der Waals surface area contributed by atoms with Crippen LogP contribution in [0, 0.1) is 0 Å². The molecule has 0 radical (unpaired) electrons. The molecule has 86 valence electrons. The van der Waals surface area contributed by atoms with Gasteiger partial charge in [0.1, 0.15) is 0 Å². The molecule has 1 N–H and O–H groups in total. The van der Waals surface area contributed by atoms with E-state index in [9.17, 15) is 0 Å². The summed E-state index contributed by atoms with van der Waals surface area (Å²) < 4.78 is 0. The molecule has 0 heterocycles. The van der Waals surface area contributed by atoms with E-state index in [0.29, 0.717) is 0 Å². The van der Waals surface area contributed by atoms with E-state index >= 15 is 0 Å². The van der Waals surface area contributed by atoms with Crippen LogP contribution in [0.2, 0.25) is 0 Å². The molecular formula is C14H20N2. The summed E-state index contributed by atoms with van der Waals surface area (Å²) in [7, 11) is 0. The van der Waals surface area contributed by atoms with E-state index in [1.807, 2.05) is 36.5 Å². The monoisotopic (exact) mass is 216 g/mol. The van der Waals surface area contributed by atoms with Crippen molar-refractivity contribution in [3.05, 3.63) is 42.0 Å². The van der Waals surface area contributed by atoms with Crippen molar-refractivity contribution < 1.29 is 0 Å². The zero-order valence-electron chi connectivity index (χ0n) is 10.1. The second kappa shape index (κ2) is 7.69. The van der Waals surface area contributed by atoms with Crippen LogP contribution in [0.5, 0.6) is 0 Å². The Balaban J connectivity index is 2.47. The van der Waals surface area contributed by atoms with Crippen LogP contribution < -0.4 is 5.43 Å². The van der Waals surface area contributed by atoms with Crippen LogP contribution in [-0.2, 0) is 0 Å². The number of rotatable bonds is 6. The number of para-hydroxylation sites is 1. The number of nitrogens with one attached hydrogen (secondary N) is 1. The maximum atomic E-state index is 4.22. The molecule has 16 heavy (non-hydrogen) atoms. The summed E-state index contributed by atoms with van der Waals surface area (Å²) in [6.07, 6.45) is 7.49. The van der Waals surface area contributed by atoms with Crippen LogP contribution in [0.4, 0.5) is 5.69 Å². The third-order valence-electron chi connectivity index (χ3n) is 2.30. The molecule has 0 aromatic heterocycles. The lowest BCUT2D eigenvalue weighted by Crippen LogP contribution is -1.91. The summed E-state index contributed by atoms with van der Waals surface area (Å²) in [5, 5.41) is 4.22. The molecule has 0 saturated carbocycles. The van der Waals surface area contributed by atoms with Crippen LogP contribution in [0.3, 0.4) is 0 Å². The quantitative estimate of drug-likeness (QED) is 0.558. The largest absolute Gasteiger partial charge is 0.279 e. The number of hydrogen-bond acceptors (Lipinski definition) is 2. The van der Waals surface area contributed by atoms with E-state index in [2.05, 4.69) is 30.5 Å². The van der Waals surface area contributed by atoms with Gasteiger partial charge in [0.2, 0.25) is 0 Å². The van der Waals surface area contributed by atoms with Gasteiger partial charge in [0.15, 0.2) is 0 Å². The third kappa shape index (κ3) is 4.78. The van der Waals surface area contributed by atoms with Crippen LogP contribution in [0.25, 0.3) is 0 Å². The van der Waals surface area contributed by atoms with E-state index < -0.39 is 0 Å². The van der Waals surface area contributed by atoms with Gasteiger partial charge in [-0.05, 0) is 30.5 Å². The number of anilines is 1. The number of nitrogens with zero attached hydrogens (tertiary/aromatic N) is 1. The van der Waals surface area contributed by atoms with Gasteiger partial charge in [-0.3, -0.25) is 5.43 Å². The fourth-order valence-corrected chi connectivity index (χ4v) is 1.32. The average Bonchev–Trinajstić information content (AvgIpc) is 2.35. The molecule has 0 spiro atoms. The molecule has 0 saturated heterocycles. The van der Waals surface area contributed by atoms with Gasteiger partial charge in [-0.25, -0.2) is 0 Å². The average molecular weight is 216 g/mol. The molecule has 0 bridgehead atoms. The Morgan fingerprint density at radius 2 is 2.00 bits per heavy atom. The van der Waals surface area contributed by atoms with E-state index in [0.717, 1.165) is 18.5 Å². The van der Waals surface area contributed by atoms with Gasteiger partial charge in [-0.1, -0.05) is 44.5 Å². The zero-order chi connectivity index (χ0) is 11.6. The lowest BCUT2D eigenvalue weighted by molar-refractivity contribution is 0.946. The van der Waals surface area contributed by atoms with Crippen LogP contribution >= 0.6 is 0 Å². The maximum absolute atomic E-state index is 4.22. The van der Waals surface area contributed by atoms with Gasteiger partial charge in [-0.15, -0.1) is 0 Å². The Hall–Kier alpha value is -1.57. The number of unbranched alkanes of at least 4 members (excludes halogenated alkanes) is 1. The van der Waals surface area contributed by atoms with Gasteiger partial charge >= 0.3 is 0 Å². The van der Waals surface area contributed by atoms with Crippen molar-refractivity contribution in [1.29, 1.82) is 0 Å². The third-order valence-corrected chi connectivity index (χ3v) is 2.30. The Morgan fingerprint density at radius 3 is 2.62 bits per heavy atom. The standard InChI is InChI=1S/C14H20N2/c1-3-5-9-13(4-2)12-15-16-14-10-7-6-8-11-14/h6-12,16H,3-5H2,1-2H3/b13-9+,15-12-. The summed E-state index contributed by atoms with van der Waals surface area (Å²) in [4.78, 5) is 0. The van der Waals surface area contributed by atoms with Gasteiger partial charge in [0.05, 0.1) is 11.9 Å². The Bertz CT molecular complexity index is 339. The zero-order valence-corrected chi connectivity index (χ0v) is 10.1. The minimum Gasteiger partial charge on any atom is -0.279 e. The molecule has 2 nitrogen and oxygen atoms in total. The fraction of sp³-hybridized carbons (Fsp3) is 0.357. The molecule has 0 aliphatic rings. The molecule has 2 heteroatoms. The smallest absolute Gasteiger partial charge is 0.0561 e. The molecule has 0 fully saturated rings. The summed E-state index contributed by atoms with van der Waals surface area (Å²) in [5.74, 6) is 0. The highest BCUT2D eigenvalue weighted by molar-refractivity contribution is 5.78. The predicted molar refractivity (Wildman–Crippen MR) is 71.8 cm³/mol. The van der Waals surface area contributed by atoms with E-state index in [1.54, 1.807) is 0 Å². The van der Waals surface area contributed by atoms with Crippen LogP contribution in [0.15, 0.2) is 47.1 Å². The number of hydrazone groups is 1. The second-order valence-corrected chi connectivity index (χ2v) is 3.66. The molecule has 0 aliphatic heterocycles. The minimum absolute atomic E-state index is 1.02. The van der Waals surface area contributed by atoms with Gasteiger partial charge in [-0.2, -0.15) is 5.10 Å². The summed E-state index contributed by atoms with van der Waals surface area (Å²) in [6, 6.07) is 9.97. The number of benzene rings is 1. The van der Waals surface area contributed by atoms with Crippen molar-refractivity contribution in [3.8, 4) is 0 Å². The predicted octanol–water partition coefficient (Wildman–Crippen LogP) is 4.22. The lowest BCUT2D eigenvalue weighted by Gasteiger charge is -1.99. The van der Waals surface area contributed by atoms with Crippen LogP contribution in [0.1, 0.15) is 33.1 Å². The normalized spacial score (nSPS) is 12.0. The first-order chi connectivity index (χ1) is 7.86. The van der Waals surface area contributed by atoms with E-state index in [-0.39, 0.29) is 0 Å². The van der Waals surface area contributed by atoms with Crippen molar-refractivity contribution in [3.63, 3.8) is 0 Å². The number of allylic oxidation sites excluding steroid dienone is 2. The molecule has 1 aromatic carbocycles. The van der Waals surface area contributed by atoms with Crippen molar-refractivity contribution in [2.75, 3.05) is 5.43 Å². The molecule has 0 aliphatic carbocycles. The highest BCUT2D eigenvalue weighted by Crippen LogP contribution is 2.05. The molecular weight excluding hydrogens is 196 g/mol. The van der Waals surface area contributed by atoms with Crippen molar-refractivity contribution >= 4 is 11.9 Å². The SMILES string of the molecule is CCC/C=C(/C=N\Nc1ccccc1)CC. The summed E-state index contributed by atoms with van der Waals surface area (Å²) >= 11 is 0. The second-order valence-electron chi connectivity index (χ2n) is 3.66. The summed E-state index contributed by atoms with van der Waals surface area (Å²) in [6.45, 7) is 4.33. The molecule has 1 aromatic rings. The minimum atomic E-state index is 1.02. The van der Waals surface area contributed by atoms with Gasteiger partial charge in [0, 0.05) is 0 Å². The lowest BCUT2D eigenvalue weighted by atomic mass is 10.2. The van der Waals surface area contributed by atoms with Crippen LogP contribution in [-0.4, -0.2) is 6.21 Å². The molecule has 0 unspecified atom stereocenters. The van der Waals surface area contributed by atoms with Crippen molar-refractivity contribution in [2.45, 2.75) is 33.1 Å². The van der Waals surface area contributed by atoms with Crippen molar-refractivity contribution in [1.82, 2.24) is 0 Å². The van der Waals surface area contributed by atoms with Crippen molar-refractivity contribution in [2.24, 2.45) is 5.10 Å². The first-order valence-electron chi connectivity index (χ1n) is 5.90. The first-order valence-corrected chi connectivity index (χ1v) is 5.90. The van der Waals surface area contributed by atoms with E-state index in [1.165, 1.54) is 12.0 Å². The maximum Gasteiger partial charge on any atom is 0.0561 e. The molecule has 1 rings (SSSR count). The topological polar surface area (TPSA) is 24.4 Å². The highest BCUT2D eigenvalue weighted by atomic mass is 15.3. The van der Waals surface area contributed by atoms with Gasteiger partial charge < -0.3 is 0 Å². The number of hydrogen-bond donors (Lipinski definition) is 1. The molecule has 0 amide bonds. The van der Waals surface area contributed by atoms with Gasteiger partial charge in [0.25, 0.3) is 0 Å². The first kappa shape index (κ1) is 12.5. The Morgan fingerprint density at radius 1 is 1.25 bits per heavy atom.